The van der Waals surface area contributed by atoms with Crippen molar-refractivity contribution >= 4 is 0 Å². The van der Waals surface area contributed by atoms with Gasteiger partial charge in [-0.3, -0.25) is 0 Å². The molecular formula is C13H28O2. The Balaban J connectivity index is 3.52. The van der Waals surface area contributed by atoms with Crippen LogP contribution in [0.15, 0.2) is 0 Å². The highest BCUT2D eigenvalue weighted by Crippen LogP contribution is 2.13. The summed E-state index contributed by atoms with van der Waals surface area (Å²) in [5.74, 6) is 0.735. The van der Waals surface area contributed by atoms with E-state index in [0.29, 0.717) is 0 Å². The van der Waals surface area contributed by atoms with Crippen molar-refractivity contribution in [2.75, 3.05) is 20.3 Å². The van der Waals surface area contributed by atoms with Crippen LogP contribution in [-0.4, -0.2) is 26.4 Å². The quantitative estimate of drug-likeness (QED) is 0.555. The average molecular weight is 216 g/mol. The first kappa shape index (κ1) is 14.9. The van der Waals surface area contributed by atoms with Crippen LogP contribution >= 0.6 is 0 Å². The summed E-state index contributed by atoms with van der Waals surface area (Å²) in [7, 11) is 1.76. The molecular weight excluding hydrogens is 188 g/mol. The Morgan fingerprint density at radius 3 is 2.20 bits per heavy atom. The molecule has 0 bridgehead atoms. The van der Waals surface area contributed by atoms with Crippen LogP contribution < -0.4 is 0 Å². The van der Waals surface area contributed by atoms with E-state index in [1.54, 1.807) is 7.11 Å². The summed E-state index contributed by atoms with van der Waals surface area (Å²) in [6.45, 7) is 8.26. The van der Waals surface area contributed by atoms with Crippen molar-refractivity contribution in [3.8, 4) is 0 Å². The third-order valence-corrected chi connectivity index (χ3v) is 2.99. The molecule has 0 radical (unpaired) electrons. The third kappa shape index (κ3) is 7.80. The summed E-state index contributed by atoms with van der Waals surface area (Å²) in [6, 6.07) is 0. The SMILES string of the molecule is CCCCC(CC)COCC(CC)OC. The van der Waals surface area contributed by atoms with Gasteiger partial charge in [-0.15, -0.1) is 0 Å². The number of rotatable bonds is 10. The van der Waals surface area contributed by atoms with E-state index in [4.69, 9.17) is 9.47 Å². The van der Waals surface area contributed by atoms with Gasteiger partial charge in [-0.25, -0.2) is 0 Å². The van der Waals surface area contributed by atoms with Gasteiger partial charge in [0, 0.05) is 13.7 Å². The number of methoxy groups -OCH3 is 1. The molecule has 0 saturated carbocycles. The zero-order chi connectivity index (χ0) is 11.5. The molecule has 0 spiro atoms. The second-order valence-electron chi connectivity index (χ2n) is 4.22. The van der Waals surface area contributed by atoms with E-state index in [-0.39, 0.29) is 6.10 Å². The van der Waals surface area contributed by atoms with Gasteiger partial charge in [-0.2, -0.15) is 0 Å². The van der Waals surface area contributed by atoms with Gasteiger partial charge in [-0.1, -0.05) is 40.0 Å². The fraction of sp³-hybridized carbons (Fsp3) is 1.00. The number of unbranched alkanes of at least 4 members (excludes halogenated alkanes) is 1. The minimum absolute atomic E-state index is 0.272. The summed E-state index contributed by atoms with van der Waals surface area (Å²) < 4.78 is 11.0. The van der Waals surface area contributed by atoms with Crippen LogP contribution in [0.5, 0.6) is 0 Å². The topological polar surface area (TPSA) is 18.5 Å². The summed E-state index contributed by atoms with van der Waals surface area (Å²) in [6.07, 6.45) is 6.44. The second-order valence-corrected chi connectivity index (χ2v) is 4.22. The predicted molar refractivity (Wildman–Crippen MR) is 65.2 cm³/mol. The molecule has 0 fully saturated rings. The van der Waals surface area contributed by atoms with E-state index in [0.717, 1.165) is 25.6 Å². The maximum atomic E-state index is 5.70. The molecule has 0 heterocycles. The van der Waals surface area contributed by atoms with Crippen LogP contribution in [-0.2, 0) is 9.47 Å². The van der Waals surface area contributed by atoms with Gasteiger partial charge in [0.2, 0.25) is 0 Å². The van der Waals surface area contributed by atoms with Crippen molar-refractivity contribution in [1.29, 1.82) is 0 Å². The molecule has 0 saturated heterocycles. The Morgan fingerprint density at radius 1 is 1.00 bits per heavy atom. The van der Waals surface area contributed by atoms with E-state index in [1.165, 1.54) is 25.7 Å². The Morgan fingerprint density at radius 2 is 1.73 bits per heavy atom. The Bertz CT molecular complexity index is 122. The molecule has 0 aromatic carbocycles. The van der Waals surface area contributed by atoms with Gasteiger partial charge in [0.25, 0.3) is 0 Å². The molecule has 0 aliphatic carbocycles. The maximum Gasteiger partial charge on any atom is 0.0802 e. The molecule has 2 heteroatoms. The van der Waals surface area contributed by atoms with E-state index in [1.807, 2.05) is 0 Å². The molecule has 0 aromatic rings. The Kier molecular flexibility index (Phi) is 10.4. The molecule has 92 valence electrons. The van der Waals surface area contributed by atoms with Crippen LogP contribution in [0, 0.1) is 5.92 Å². The van der Waals surface area contributed by atoms with Gasteiger partial charge < -0.3 is 9.47 Å². The molecule has 2 nitrogen and oxygen atoms in total. The first-order valence-corrected chi connectivity index (χ1v) is 6.38. The largest absolute Gasteiger partial charge is 0.379 e. The highest BCUT2D eigenvalue weighted by Gasteiger charge is 2.08. The number of hydrogen-bond donors (Lipinski definition) is 0. The highest BCUT2D eigenvalue weighted by molar-refractivity contribution is 4.58. The van der Waals surface area contributed by atoms with Gasteiger partial charge >= 0.3 is 0 Å². The van der Waals surface area contributed by atoms with Crippen molar-refractivity contribution in [2.24, 2.45) is 5.92 Å². The summed E-state index contributed by atoms with van der Waals surface area (Å²) in [5.41, 5.74) is 0. The van der Waals surface area contributed by atoms with E-state index >= 15 is 0 Å². The molecule has 0 aliphatic rings. The lowest BCUT2D eigenvalue weighted by Gasteiger charge is -2.17. The number of ether oxygens (including phenoxy) is 2. The Labute approximate surface area is 95.3 Å². The standard InChI is InChI=1S/C13H28O2/c1-5-8-9-12(6-2)10-15-11-13(7-3)14-4/h12-13H,5-11H2,1-4H3. The van der Waals surface area contributed by atoms with Crippen molar-refractivity contribution in [3.63, 3.8) is 0 Å². The third-order valence-electron chi connectivity index (χ3n) is 2.99. The molecule has 2 atom stereocenters. The smallest absolute Gasteiger partial charge is 0.0802 e. The lowest BCUT2D eigenvalue weighted by molar-refractivity contribution is -0.00559. The first-order chi connectivity index (χ1) is 7.28. The normalized spacial score (nSPS) is 15.2. The minimum Gasteiger partial charge on any atom is -0.379 e. The molecule has 0 aromatic heterocycles. The lowest BCUT2D eigenvalue weighted by atomic mass is 10.0. The molecule has 0 N–H and O–H groups in total. The van der Waals surface area contributed by atoms with E-state index in [9.17, 15) is 0 Å². The van der Waals surface area contributed by atoms with Crippen molar-refractivity contribution in [2.45, 2.75) is 59.0 Å². The molecule has 2 unspecified atom stereocenters. The number of hydrogen-bond acceptors (Lipinski definition) is 2. The van der Waals surface area contributed by atoms with Gasteiger partial charge in [0.1, 0.15) is 0 Å². The van der Waals surface area contributed by atoms with Gasteiger partial charge in [0.15, 0.2) is 0 Å². The van der Waals surface area contributed by atoms with Gasteiger partial charge in [0.05, 0.1) is 12.7 Å². The second kappa shape index (κ2) is 10.4. The van der Waals surface area contributed by atoms with E-state index in [2.05, 4.69) is 20.8 Å². The summed E-state index contributed by atoms with van der Waals surface area (Å²) in [5, 5.41) is 0. The lowest BCUT2D eigenvalue weighted by Crippen LogP contribution is -2.20. The van der Waals surface area contributed by atoms with Gasteiger partial charge in [-0.05, 0) is 18.8 Å². The average Bonchev–Trinajstić information content (AvgIpc) is 2.28. The van der Waals surface area contributed by atoms with E-state index < -0.39 is 0 Å². The minimum atomic E-state index is 0.272. The van der Waals surface area contributed by atoms with Crippen molar-refractivity contribution in [1.82, 2.24) is 0 Å². The fourth-order valence-electron chi connectivity index (χ4n) is 1.62. The first-order valence-electron chi connectivity index (χ1n) is 6.38. The van der Waals surface area contributed by atoms with Crippen LogP contribution in [0.3, 0.4) is 0 Å². The molecule has 0 rings (SSSR count). The molecule has 0 aliphatic heterocycles. The fourth-order valence-corrected chi connectivity index (χ4v) is 1.62. The monoisotopic (exact) mass is 216 g/mol. The Hall–Kier alpha value is -0.0800. The predicted octanol–water partition coefficient (Wildman–Crippen LogP) is 3.64. The summed E-state index contributed by atoms with van der Waals surface area (Å²) >= 11 is 0. The zero-order valence-electron chi connectivity index (χ0n) is 10.9. The maximum absolute atomic E-state index is 5.70. The van der Waals surface area contributed by atoms with Crippen LogP contribution in [0.1, 0.15) is 52.9 Å². The van der Waals surface area contributed by atoms with Crippen LogP contribution in [0.2, 0.25) is 0 Å². The molecule has 15 heavy (non-hydrogen) atoms. The van der Waals surface area contributed by atoms with Crippen molar-refractivity contribution < 1.29 is 9.47 Å². The van der Waals surface area contributed by atoms with Crippen molar-refractivity contribution in [3.05, 3.63) is 0 Å². The zero-order valence-corrected chi connectivity index (χ0v) is 10.9. The molecule has 0 amide bonds. The summed E-state index contributed by atoms with van der Waals surface area (Å²) in [4.78, 5) is 0. The van der Waals surface area contributed by atoms with Crippen LogP contribution in [0.4, 0.5) is 0 Å². The highest BCUT2D eigenvalue weighted by atomic mass is 16.5. The van der Waals surface area contributed by atoms with Crippen LogP contribution in [0.25, 0.3) is 0 Å².